The Morgan fingerprint density at radius 1 is 1.29 bits per heavy atom. The maximum absolute atomic E-state index is 5.61. The summed E-state index contributed by atoms with van der Waals surface area (Å²) >= 11 is 0. The van der Waals surface area contributed by atoms with E-state index in [1.165, 1.54) is 11.1 Å². The van der Waals surface area contributed by atoms with Crippen LogP contribution in [0.5, 0.6) is 0 Å². The Hall–Kier alpha value is -1.68. The van der Waals surface area contributed by atoms with Gasteiger partial charge in [-0.15, -0.1) is 10.2 Å². The molecule has 1 heterocycles. The molecule has 1 aromatic carbocycles. The Morgan fingerprint density at radius 2 is 2.06 bits per heavy atom. The SMILES string of the molecule is CNC(C)c1nnc(Cc2ccccc2C)o1. The molecule has 0 fully saturated rings. The number of benzene rings is 1. The largest absolute Gasteiger partial charge is 0.423 e. The minimum absolute atomic E-state index is 0.0909. The van der Waals surface area contributed by atoms with Crippen LogP contribution in [-0.2, 0) is 6.42 Å². The number of aryl methyl sites for hydroxylation is 1. The van der Waals surface area contributed by atoms with Crippen molar-refractivity contribution in [2.75, 3.05) is 7.05 Å². The van der Waals surface area contributed by atoms with E-state index in [4.69, 9.17) is 4.42 Å². The fourth-order valence-corrected chi connectivity index (χ4v) is 1.61. The molecular weight excluding hydrogens is 214 g/mol. The lowest BCUT2D eigenvalue weighted by Gasteiger charge is -2.03. The first-order valence-electron chi connectivity index (χ1n) is 5.74. The molecule has 4 nitrogen and oxygen atoms in total. The van der Waals surface area contributed by atoms with Gasteiger partial charge in [-0.05, 0) is 32.0 Å². The zero-order valence-electron chi connectivity index (χ0n) is 10.4. The molecule has 2 aromatic rings. The normalized spacial score (nSPS) is 12.6. The molecule has 0 spiro atoms. The highest BCUT2D eigenvalue weighted by Gasteiger charge is 2.12. The van der Waals surface area contributed by atoms with Gasteiger partial charge >= 0.3 is 0 Å². The molecule has 0 bridgehead atoms. The average molecular weight is 231 g/mol. The fourth-order valence-electron chi connectivity index (χ4n) is 1.61. The lowest BCUT2D eigenvalue weighted by molar-refractivity contribution is 0.410. The second kappa shape index (κ2) is 5.10. The maximum Gasteiger partial charge on any atom is 0.233 e. The number of nitrogens with one attached hydrogen (secondary N) is 1. The molecule has 1 atom stereocenters. The lowest BCUT2D eigenvalue weighted by Crippen LogP contribution is -2.12. The Bertz CT molecular complexity index is 493. The van der Waals surface area contributed by atoms with E-state index < -0.39 is 0 Å². The van der Waals surface area contributed by atoms with Crippen molar-refractivity contribution in [3.8, 4) is 0 Å². The summed E-state index contributed by atoms with van der Waals surface area (Å²) < 4.78 is 5.61. The number of nitrogens with zero attached hydrogens (tertiary/aromatic N) is 2. The van der Waals surface area contributed by atoms with E-state index in [-0.39, 0.29) is 6.04 Å². The maximum atomic E-state index is 5.61. The van der Waals surface area contributed by atoms with E-state index in [1.807, 2.05) is 26.1 Å². The lowest BCUT2D eigenvalue weighted by atomic mass is 10.1. The Labute approximate surface area is 101 Å². The van der Waals surface area contributed by atoms with E-state index in [0.29, 0.717) is 18.2 Å². The summed E-state index contributed by atoms with van der Waals surface area (Å²) in [6, 6.07) is 8.31. The molecule has 4 heteroatoms. The van der Waals surface area contributed by atoms with Gasteiger partial charge in [0, 0.05) is 0 Å². The predicted octanol–water partition coefficient (Wildman–Crippen LogP) is 2.25. The van der Waals surface area contributed by atoms with Gasteiger partial charge in [-0.2, -0.15) is 0 Å². The first-order valence-corrected chi connectivity index (χ1v) is 5.74. The highest BCUT2D eigenvalue weighted by molar-refractivity contribution is 5.27. The van der Waals surface area contributed by atoms with Gasteiger partial charge < -0.3 is 9.73 Å². The zero-order chi connectivity index (χ0) is 12.3. The highest BCUT2D eigenvalue weighted by Crippen LogP contribution is 2.15. The number of hydrogen-bond donors (Lipinski definition) is 1. The first-order chi connectivity index (χ1) is 8.20. The van der Waals surface area contributed by atoms with Crippen molar-refractivity contribution in [2.45, 2.75) is 26.3 Å². The average Bonchev–Trinajstić information content (AvgIpc) is 2.80. The van der Waals surface area contributed by atoms with Crippen LogP contribution in [0.3, 0.4) is 0 Å². The molecule has 1 aromatic heterocycles. The second-order valence-corrected chi connectivity index (χ2v) is 4.15. The van der Waals surface area contributed by atoms with E-state index in [1.54, 1.807) is 0 Å². The van der Waals surface area contributed by atoms with Crippen LogP contribution >= 0.6 is 0 Å². The minimum atomic E-state index is 0.0909. The predicted molar refractivity (Wildman–Crippen MR) is 65.8 cm³/mol. The van der Waals surface area contributed by atoms with Crippen molar-refractivity contribution in [1.82, 2.24) is 15.5 Å². The molecule has 0 aliphatic rings. The van der Waals surface area contributed by atoms with Crippen molar-refractivity contribution < 1.29 is 4.42 Å². The van der Waals surface area contributed by atoms with Gasteiger partial charge in [-0.3, -0.25) is 0 Å². The number of rotatable bonds is 4. The summed E-state index contributed by atoms with van der Waals surface area (Å²) in [6.07, 6.45) is 0.691. The van der Waals surface area contributed by atoms with Crippen molar-refractivity contribution >= 4 is 0 Å². The molecule has 1 N–H and O–H groups in total. The van der Waals surface area contributed by atoms with Gasteiger partial charge in [0.05, 0.1) is 12.5 Å². The molecular formula is C13H17N3O. The van der Waals surface area contributed by atoms with Gasteiger partial charge in [-0.25, -0.2) is 0 Å². The summed E-state index contributed by atoms with van der Waals surface area (Å²) in [5.41, 5.74) is 2.47. The molecule has 0 saturated heterocycles. The van der Waals surface area contributed by atoms with E-state index in [9.17, 15) is 0 Å². The second-order valence-electron chi connectivity index (χ2n) is 4.15. The first kappa shape index (κ1) is 11.8. The van der Waals surface area contributed by atoms with Crippen LogP contribution in [0.25, 0.3) is 0 Å². The van der Waals surface area contributed by atoms with Gasteiger partial charge in [-0.1, -0.05) is 24.3 Å². The van der Waals surface area contributed by atoms with Gasteiger partial charge in [0.1, 0.15) is 0 Å². The van der Waals surface area contributed by atoms with Crippen molar-refractivity contribution in [2.24, 2.45) is 0 Å². The third kappa shape index (κ3) is 2.71. The summed E-state index contributed by atoms with van der Waals surface area (Å²) in [7, 11) is 1.87. The van der Waals surface area contributed by atoms with E-state index in [2.05, 4.69) is 34.6 Å². The van der Waals surface area contributed by atoms with Gasteiger partial charge in [0.25, 0.3) is 0 Å². The summed E-state index contributed by atoms with van der Waals surface area (Å²) in [4.78, 5) is 0. The van der Waals surface area contributed by atoms with Crippen molar-refractivity contribution in [1.29, 1.82) is 0 Å². The van der Waals surface area contributed by atoms with E-state index in [0.717, 1.165) is 0 Å². The van der Waals surface area contributed by atoms with Gasteiger partial charge in [0.2, 0.25) is 11.8 Å². The summed E-state index contributed by atoms with van der Waals surface area (Å²) in [6.45, 7) is 4.08. The monoisotopic (exact) mass is 231 g/mol. The van der Waals surface area contributed by atoms with Crippen LogP contribution in [0.15, 0.2) is 28.7 Å². The molecule has 0 aliphatic heterocycles. The smallest absolute Gasteiger partial charge is 0.233 e. The fraction of sp³-hybridized carbons (Fsp3) is 0.385. The van der Waals surface area contributed by atoms with Crippen LogP contribution in [-0.4, -0.2) is 17.2 Å². The molecule has 0 radical (unpaired) electrons. The standard InChI is InChI=1S/C13H17N3O/c1-9-6-4-5-7-11(9)8-12-15-16-13(17-12)10(2)14-3/h4-7,10,14H,8H2,1-3H3. The van der Waals surface area contributed by atoms with Crippen LogP contribution < -0.4 is 5.32 Å². The quantitative estimate of drug-likeness (QED) is 0.876. The number of aromatic nitrogens is 2. The van der Waals surface area contributed by atoms with Crippen molar-refractivity contribution in [3.63, 3.8) is 0 Å². The Morgan fingerprint density at radius 3 is 2.76 bits per heavy atom. The molecule has 90 valence electrons. The molecule has 17 heavy (non-hydrogen) atoms. The van der Waals surface area contributed by atoms with Crippen LogP contribution in [0.4, 0.5) is 0 Å². The Kier molecular flexibility index (Phi) is 3.54. The summed E-state index contributed by atoms with van der Waals surface area (Å²) in [5.74, 6) is 1.30. The third-order valence-electron chi connectivity index (χ3n) is 2.89. The molecule has 1 unspecified atom stereocenters. The molecule has 0 aliphatic carbocycles. The Balaban J connectivity index is 2.14. The zero-order valence-corrected chi connectivity index (χ0v) is 10.4. The third-order valence-corrected chi connectivity index (χ3v) is 2.89. The molecule has 0 saturated carbocycles. The number of hydrogen-bond acceptors (Lipinski definition) is 4. The van der Waals surface area contributed by atoms with E-state index >= 15 is 0 Å². The van der Waals surface area contributed by atoms with Crippen molar-refractivity contribution in [3.05, 3.63) is 47.2 Å². The van der Waals surface area contributed by atoms with Crippen LogP contribution in [0, 0.1) is 6.92 Å². The topological polar surface area (TPSA) is 51.0 Å². The van der Waals surface area contributed by atoms with Crippen LogP contribution in [0.2, 0.25) is 0 Å². The molecule has 0 amide bonds. The highest BCUT2D eigenvalue weighted by atomic mass is 16.4. The molecule has 2 rings (SSSR count). The summed E-state index contributed by atoms with van der Waals surface area (Å²) in [5, 5.41) is 11.2. The minimum Gasteiger partial charge on any atom is -0.423 e. The van der Waals surface area contributed by atoms with Gasteiger partial charge in [0.15, 0.2) is 0 Å². The van der Waals surface area contributed by atoms with Crippen LogP contribution in [0.1, 0.15) is 35.9 Å².